The minimum atomic E-state index is -0.942. The first-order chi connectivity index (χ1) is 18.8. The second-order valence-electron chi connectivity index (χ2n) is 9.29. The van der Waals surface area contributed by atoms with Crippen LogP contribution in [0, 0.1) is 0 Å². The average molecular weight is 530 g/mol. The molecule has 4 rings (SSSR count). The molecule has 39 heavy (non-hydrogen) atoms. The minimum absolute atomic E-state index is 0.0354. The van der Waals surface area contributed by atoms with E-state index in [1.165, 1.54) is 24.1 Å². The molecule has 202 valence electrons. The van der Waals surface area contributed by atoms with E-state index in [1.807, 2.05) is 0 Å². The van der Waals surface area contributed by atoms with Gasteiger partial charge in [0.2, 0.25) is 0 Å². The average Bonchev–Trinajstić information content (AvgIpc) is 3.20. The number of aromatic hydroxyl groups is 1. The number of carbonyl (C=O) groups is 3. The zero-order valence-electron chi connectivity index (χ0n) is 21.9. The normalized spacial score (nSPS) is 16.4. The molecule has 0 radical (unpaired) electrons. The molecular weight excluding hydrogens is 498 g/mol. The molecule has 8 heteroatoms. The van der Waals surface area contributed by atoms with Crippen LogP contribution in [0.1, 0.15) is 59.3 Å². The predicted octanol–water partition coefficient (Wildman–Crippen LogP) is 5.37. The number of hydrogen-bond donors (Lipinski definition) is 2. The van der Waals surface area contributed by atoms with Crippen LogP contribution in [0.4, 0.5) is 0 Å². The molecule has 1 aliphatic rings. The zero-order valence-corrected chi connectivity index (χ0v) is 21.9. The van der Waals surface area contributed by atoms with Crippen LogP contribution in [0.5, 0.6) is 11.5 Å². The van der Waals surface area contributed by atoms with Crippen LogP contribution in [0.3, 0.4) is 0 Å². The van der Waals surface area contributed by atoms with Gasteiger partial charge in [-0.3, -0.25) is 9.59 Å². The maximum atomic E-state index is 13.3. The Bertz CT molecular complexity index is 1380. The number of methoxy groups -OCH3 is 1. The smallest absolute Gasteiger partial charge is 0.337 e. The summed E-state index contributed by atoms with van der Waals surface area (Å²) >= 11 is 0. The number of esters is 1. The van der Waals surface area contributed by atoms with Gasteiger partial charge in [0.1, 0.15) is 17.3 Å². The van der Waals surface area contributed by atoms with Gasteiger partial charge in [0.05, 0.1) is 30.9 Å². The van der Waals surface area contributed by atoms with Gasteiger partial charge < -0.3 is 24.6 Å². The molecule has 0 aliphatic carbocycles. The number of benzene rings is 3. The Hall–Kier alpha value is -4.59. The highest BCUT2D eigenvalue weighted by atomic mass is 16.5. The predicted molar refractivity (Wildman–Crippen MR) is 145 cm³/mol. The van der Waals surface area contributed by atoms with Gasteiger partial charge in [0, 0.05) is 12.1 Å². The van der Waals surface area contributed by atoms with Crippen molar-refractivity contribution in [3.8, 4) is 11.5 Å². The molecule has 1 unspecified atom stereocenters. The lowest BCUT2D eigenvalue weighted by molar-refractivity contribution is -0.140. The van der Waals surface area contributed by atoms with E-state index in [9.17, 15) is 24.6 Å². The minimum Gasteiger partial charge on any atom is -0.508 e. The van der Waals surface area contributed by atoms with Gasteiger partial charge in [-0.2, -0.15) is 0 Å². The summed E-state index contributed by atoms with van der Waals surface area (Å²) in [7, 11) is 1.29. The van der Waals surface area contributed by atoms with Gasteiger partial charge in [-0.1, -0.05) is 44.0 Å². The number of aliphatic hydroxyl groups is 1. The molecule has 0 spiro atoms. The lowest BCUT2D eigenvalue weighted by atomic mass is 9.95. The van der Waals surface area contributed by atoms with E-state index in [0.717, 1.165) is 19.3 Å². The third-order valence-electron chi connectivity index (χ3n) is 6.60. The molecule has 1 aliphatic heterocycles. The molecule has 1 saturated heterocycles. The molecule has 3 aromatic rings. The van der Waals surface area contributed by atoms with E-state index in [-0.39, 0.29) is 23.6 Å². The van der Waals surface area contributed by atoms with Crippen molar-refractivity contribution in [2.45, 2.75) is 38.8 Å². The number of carbonyl (C=O) groups excluding carboxylic acids is 3. The number of ketones is 1. The van der Waals surface area contributed by atoms with Gasteiger partial charge in [0.15, 0.2) is 0 Å². The topological polar surface area (TPSA) is 113 Å². The van der Waals surface area contributed by atoms with Crippen molar-refractivity contribution >= 4 is 23.4 Å². The Morgan fingerprint density at radius 2 is 1.64 bits per heavy atom. The maximum absolute atomic E-state index is 13.3. The number of likely N-dealkylation sites (tertiary alicyclic amines) is 1. The van der Waals surface area contributed by atoms with Crippen molar-refractivity contribution in [2.24, 2.45) is 0 Å². The Labute approximate surface area is 227 Å². The van der Waals surface area contributed by atoms with Gasteiger partial charge in [0.25, 0.3) is 11.7 Å². The van der Waals surface area contributed by atoms with E-state index in [4.69, 9.17) is 9.47 Å². The third-order valence-corrected chi connectivity index (χ3v) is 6.60. The summed E-state index contributed by atoms with van der Waals surface area (Å²) in [5.41, 5.74) is 1.78. The number of hydrogen-bond acceptors (Lipinski definition) is 7. The monoisotopic (exact) mass is 529 g/mol. The second kappa shape index (κ2) is 12.3. The standard InChI is InChI=1S/C31H31NO7/c1-3-4-5-17-39-25-15-13-21(14-16-25)28(34)26-27(23-7-6-8-24(33)18-23)32(30(36)29(26)35)19-20-9-11-22(12-10-20)31(37)38-2/h6-16,18,27,33-34H,3-5,17,19H2,1-2H3/b28-26+. The fourth-order valence-electron chi connectivity index (χ4n) is 4.55. The molecule has 0 saturated carbocycles. The Morgan fingerprint density at radius 3 is 2.28 bits per heavy atom. The number of aliphatic hydroxyl groups excluding tert-OH is 1. The summed E-state index contributed by atoms with van der Waals surface area (Å²) in [6.07, 6.45) is 3.10. The molecule has 1 heterocycles. The fourth-order valence-corrected chi connectivity index (χ4v) is 4.55. The summed E-state index contributed by atoms with van der Waals surface area (Å²) in [6, 6.07) is 18.5. The van der Waals surface area contributed by atoms with Crippen LogP contribution in [-0.2, 0) is 20.9 Å². The highest BCUT2D eigenvalue weighted by Gasteiger charge is 2.46. The number of nitrogens with zero attached hydrogens (tertiary/aromatic N) is 1. The summed E-state index contributed by atoms with van der Waals surface area (Å²) in [4.78, 5) is 39.7. The van der Waals surface area contributed by atoms with Gasteiger partial charge in [-0.15, -0.1) is 0 Å². The second-order valence-corrected chi connectivity index (χ2v) is 9.29. The Kier molecular flexibility index (Phi) is 8.66. The van der Waals surface area contributed by atoms with E-state index in [0.29, 0.717) is 34.6 Å². The van der Waals surface area contributed by atoms with Crippen molar-refractivity contribution in [3.05, 3.63) is 101 Å². The van der Waals surface area contributed by atoms with Crippen LogP contribution < -0.4 is 4.74 Å². The maximum Gasteiger partial charge on any atom is 0.337 e. The molecule has 1 amide bonds. The first kappa shape index (κ1) is 27.4. The molecular formula is C31H31NO7. The first-order valence-corrected chi connectivity index (χ1v) is 12.8. The van der Waals surface area contributed by atoms with Gasteiger partial charge in [-0.05, 0) is 66.1 Å². The number of rotatable bonds is 10. The highest BCUT2D eigenvalue weighted by Crippen LogP contribution is 2.41. The Balaban J connectivity index is 1.69. The van der Waals surface area contributed by atoms with Crippen molar-refractivity contribution < 1.29 is 34.1 Å². The molecule has 1 fully saturated rings. The zero-order chi connectivity index (χ0) is 27.9. The quantitative estimate of drug-likeness (QED) is 0.119. The Morgan fingerprint density at radius 1 is 0.949 bits per heavy atom. The molecule has 3 aromatic carbocycles. The lowest BCUT2D eigenvalue weighted by Gasteiger charge is -2.25. The molecule has 0 bridgehead atoms. The number of amides is 1. The van der Waals surface area contributed by atoms with E-state index in [1.54, 1.807) is 60.7 Å². The van der Waals surface area contributed by atoms with Crippen LogP contribution in [-0.4, -0.2) is 46.5 Å². The van der Waals surface area contributed by atoms with Crippen LogP contribution in [0.15, 0.2) is 78.4 Å². The van der Waals surface area contributed by atoms with Gasteiger partial charge in [-0.25, -0.2) is 4.79 Å². The highest BCUT2D eigenvalue weighted by molar-refractivity contribution is 6.46. The third kappa shape index (κ3) is 6.12. The number of phenols is 1. The van der Waals surface area contributed by atoms with Crippen molar-refractivity contribution in [1.29, 1.82) is 0 Å². The first-order valence-electron chi connectivity index (χ1n) is 12.8. The number of phenolic OH excluding ortho intramolecular Hbond substituents is 1. The largest absolute Gasteiger partial charge is 0.508 e. The summed E-state index contributed by atoms with van der Waals surface area (Å²) in [5, 5.41) is 21.4. The molecule has 2 N–H and O–H groups in total. The summed E-state index contributed by atoms with van der Waals surface area (Å²) in [5.74, 6) is -1.81. The van der Waals surface area contributed by atoms with Crippen molar-refractivity contribution in [2.75, 3.05) is 13.7 Å². The van der Waals surface area contributed by atoms with Crippen LogP contribution in [0.2, 0.25) is 0 Å². The lowest BCUT2D eigenvalue weighted by Crippen LogP contribution is -2.29. The SMILES string of the molecule is CCCCCOc1ccc(/C(O)=C2\C(=O)C(=O)N(Cc3ccc(C(=O)OC)cc3)C2c2cccc(O)c2)cc1. The van der Waals surface area contributed by atoms with E-state index < -0.39 is 23.7 Å². The number of Topliss-reactive ketones (excluding diaryl/α,β-unsaturated/α-hetero) is 1. The van der Waals surface area contributed by atoms with Gasteiger partial charge >= 0.3 is 5.97 Å². The summed E-state index contributed by atoms with van der Waals surface area (Å²) < 4.78 is 10.5. The van der Waals surface area contributed by atoms with E-state index in [2.05, 4.69) is 6.92 Å². The number of ether oxygens (including phenoxy) is 2. The fraction of sp³-hybridized carbons (Fsp3) is 0.258. The van der Waals surface area contributed by atoms with Crippen molar-refractivity contribution in [3.63, 3.8) is 0 Å². The molecule has 0 aromatic heterocycles. The summed E-state index contributed by atoms with van der Waals surface area (Å²) in [6.45, 7) is 2.74. The van der Waals surface area contributed by atoms with Crippen molar-refractivity contribution in [1.82, 2.24) is 4.90 Å². The number of unbranched alkanes of at least 4 members (excludes halogenated alkanes) is 2. The molecule has 8 nitrogen and oxygen atoms in total. The molecule has 1 atom stereocenters. The van der Waals surface area contributed by atoms with Crippen LogP contribution >= 0.6 is 0 Å². The van der Waals surface area contributed by atoms with E-state index >= 15 is 0 Å². The van der Waals surface area contributed by atoms with Crippen LogP contribution in [0.25, 0.3) is 5.76 Å².